The van der Waals surface area contributed by atoms with Crippen LogP contribution in [0.1, 0.15) is 22.4 Å². The van der Waals surface area contributed by atoms with Crippen LogP contribution in [-0.2, 0) is 18.1 Å². The van der Waals surface area contributed by atoms with Gasteiger partial charge >= 0.3 is 6.18 Å². The number of imidazole rings is 1. The van der Waals surface area contributed by atoms with Gasteiger partial charge in [-0.15, -0.1) is 0 Å². The molecule has 0 amide bonds. The number of methoxy groups -OCH3 is 1. The van der Waals surface area contributed by atoms with Gasteiger partial charge in [-0.3, -0.25) is 4.98 Å². The van der Waals surface area contributed by atoms with Crippen molar-refractivity contribution < 1.29 is 22.3 Å². The highest BCUT2D eigenvalue weighted by atomic mass is 19.4. The van der Waals surface area contributed by atoms with Crippen LogP contribution in [0.3, 0.4) is 0 Å². The molecule has 5 aromatic rings. The lowest BCUT2D eigenvalue weighted by atomic mass is 9.79. The van der Waals surface area contributed by atoms with Crippen molar-refractivity contribution in [2.45, 2.75) is 18.1 Å². The number of nitrogen functional groups attached to an aromatic ring is 1. The second-order valence-electron chi connectivity index (χ2n) is 8.78. The number of fused-ring (bicyclic) bond motifs is 1. The fraction of sp³-hybridized carbons (Fsp3) is 0.143. The highest BCUT2D eigenvalue weighted by Gasteiger charge is 2.38. The van der Waals surface area contributed by atoms with E-state index in [0.717, 1.165) is 17.7 Å². The van der Waals surface area contributed by atoms with Crippen LogP contribution in [0.4, 0.5) is 29.2 Å². The van der Waals surface area contributed by atoms with E-state index in [1.165, 1.54) is 13.3 Å². The van der Waals surface area contributed by atoms with Crippen molar-refractivity contribution in [3.05, 3.63) is 119 Å². The molecule has 3 N–H and O–H groups in total. The number of hydrogen-bond acceptors (Lipinski definition) is 4. The van der Waals surface area contributed by atoms with E-state index in [1.54, 1.807) is 42.5 Å². The van der Waals surface area contributed by atoms with E-state index in [4.69, 9.17) is 15.8 Å². The number of nitrogens with zero attached hydrogens (tertiary/aromatic N) is 3. The summed E-state index contributed by atoms with van der Waals surface area (Å²) < 4.78 is 61.4. The molecule has 0 unspecified atom stereocenters. The van der Waals surface area contributed by atoms with Crippen LogP contribution in [0.25, 0.3) is 16.4 Å². The summed E-state index contributed by atoms with van der Waals surface area (Å²) in [5.41, 5.74) is 5.63. The standard InChI is InChI=1S/C28H22F4N5O/c1-38-22-8-9-23-24(14-22)36-26(35-23)37-27(15-17-5-3-2-4-6-17,25-10-7-21(33)16-34-25)18-11-19(28(30,31)32)13-20(29)12-18/h2-14,16H,15,33H2,1H3,(H-,35,36,37)/q-1/t27-/m1/s1. The van der Waals surface area contributed by atoms with Crippen molar-refractivity contribution in [2.24, 2.45) is 0 Å². The molecule has 6 nitrogen and oxygen atoms in total. The van der Waals surface area contributed by atoms with Gasteiger partial charge < -0.3 is 25.8 Å². The molecule has 0 saturated heterocycles. The fourth-order valence-electron chi connectivity index (χ4n) is 4.37. The van der Waals surface area contributed by atoms with Crippen molar-refractivity contribution in [2.75, 3.05) is 12.8 Å². The molecular formula is C28H22F4N5O-. The summed E-state index contributed by atoms with van der Waals surface area (Å²) in [6, 6.07) is 19.8. The van der Waals surface area contributed by atoms with Gasteiger partial charge in [0, 0.05) is 11.5 Å². The molecule has 38 heavy (non-hydrogen) atoms. The number of halogens is 4. The number of nitrogens with one attached hydrogen (secondary N) is 1. The Morgan fingerprint density at radius 1 is 0.947 bits per heavy atom. The molecule has 2 aromatic heterocycles. The second-order valence-corrected chi connectivity index (χ2v) is 8.78. The van der Waals surface area contributed by atoms with Crippen molar-refractivity contribution in [1.82, 2.24) is 15.0 Å². The average Bonchev–Trinajstić information content (AvgIpc) is 3.29. The third-order valence-electron chi connectivity index (χ3n) is 6.19. The van der Waals surface area contributed by atoms with Gasteiger partial charge in [-0.25, -0.2) is 4.39 Å². The lowest BCUT2D eigenvalue weighted by molar-refractivity contribution is -0.137. The van der Waals surface area contributed by atoms with E-state index in [0.29, 0.717) is 28.5 Å². The Bertz CT molecular complexity index is 1570. The number of aromatic amines is 1. The maximum atomic E-state index is 14.8. The molecule has 0 aliphatic carbocycles. The van der Waals surface area contributed by atoms with Crippen LogP contribution in [0.5, 0.6) is 5.75 Å². The number of hydrogen-bond donors (Lipinski definition) is 2. The normalized spacial score (nSPS) is 13.3. The molecule has 0 saturated carbocycles. The molecule has 0 spiro atoms. The Balaban J connectivity index is 1.76. The Hall–Kier alpha value is -4.60. The topological polar surface area (TPSA) is 90.9 Å². The minimum absolute atomic E-state index is 0.0380. The van der Waals surface area contributed by atoms with Crippen LogP contribution in [0, 0.1) is 5.82 Å². The van der Waals surface area contributed by atoms with Crippen LogP contribution >= 0.6 is 0 Å². The van der Waals surface area contributed by atoms with Gasteiger partial charge in [-0.1, -0.05) is 30.3 Å². The number of H-pyrrole nitrogens is 1. The molecule has 5 rings (SSSR count). The molecule has 1 atom stereocenters. The average molecular weight is 521 g/mol. The lowest BCUT2D eigenvalue weighted by Gasteiger charge is -2.39. The van der Waals surface area contributed by atoms with Gasteiger partial charge in [-0.05, 0) is 71.6 Å². The summed E-state index contributed by atoms with van der Waals surface area (Å²) in [5, 5.41) is 4.87. The Kier molecular flexibility index (Phi) is 6.40. The van der Waals surface area contributed by atoms with Gasteiger partial charge in [0.1, 0.15) is 11.6 Å². The Morgan fingerprint density at radius 2 is 1.71 bits per heavy atom. The van der Waals surface area contributed by atoms with Gasteiger partial charge in [-0.2, -0.15) is 13.2 Å². The zero-order chi connectivity index (χ0) is 26.9. The van der Waals surface area contributed by atoms with E-state index in [1.807, 2.05) is 18.2 Å². The molecule has 10 heteroatoms. The van der Waals surface area contributed by atoms with Crippen LogP contribution in [0.15, 0.2) is 85.1 Å². The first-order valence-electron chi connectivity index (χ1n) is 11.6. The molecule has 3 aromatic carbocycles. The Morgan fingerprint density at radius 3 is 2.39 bits per heavy atom. The predicted molar refractivity (Wildman–Crippen MR) is 137 cm³/mol. The monoisotopic (exact) mass is 520 g/mol. The smallest absolute Gasteiger partial charge is 0.416 e. The summed E-state index contributed by atoms with van der Waals surface area (Å²) in [7, 11) is 1.53. The highest BCUT2D eigenvalue weighted by molar-refractivity contribution is 5.80. The molecule has 0 fully saturated rings. The number of benzene rings is 3. The van der Waals surface area contributed by atoms with E-state index < -0.39 is 23.1 Å². The first-order chi connectivity index (χ1) is 18.2. The largest absolute Gasteiger partial charge is 0.497 e. The van der Waals surface area contributed by atoms with Crippen molar-refractivity contribution in [3.8, 4) is 5.75 Å². The number of alkyl halides is 3. The zero-order valence-electron chi connectivity index (χ0n) is 20.1. The summed E-state index contributed by atoms with van der Waals surface area (Å²) in [5.74, 6) is -0.337. The van der Waals surface area contributed by atoms with Crippen molar-refractivity contribution in [3.63, 3.8) is 0 Å². The van der Waals surface area contributed by atoms with Gasteiger partial charge in [0.15, 0.2) is 0 Å². The number of ether oxygens (including phenoxy) is 1. The molecule has 0 aliphatic heterocycles. The minimum atomic E-state index is -4.78. The molecule has 0 bridgehead atoms. The van der Waals surface area contributed by atoms with Crippen LogP contribution in [0.2, 0.25) is 0 Å². The number of pyridine rings is 1. The Labute approximate surface area is 215 Å². The molecule has 0 radical (unpaired) electrons. The van der Waals surface area contributed by atoms with Crippen molar-refractivity contribution in [1.29, 1.82) is 0 Å². The van der Waals surface area contributed by atoms with Crippen molar-refractivity contribution >= 4 is 22.7 Å². The third-order valence-corrected chi connectivity index (χ3v) is 6.19. The first kappa shape index (κ1) is 25.1. The summed E-state index contributed by atoms with van der Waals surface area (Å²) >= 11 is 0. The van der Waals surface area contributed by atoms with Crippen LogP contribution < -0.4 is 10.5 Å². The molecule has 2 heterocycles. The second kappa shape index (κ2) is 9.70. The van der Waals surface area contributed by atoms with E-state index >= 15 is 0 Å². The van der Waals surface area contributed by atoms with Gasteiger partial charge in [0.25, 0.3) is 0 Å². The number of anilines is 1. The minimum Gasteiger partial charge on any atom is -0.497 e. The number of rotatable bonds is 7. The highest BCUT2D eigenvalue weighted by Crippen LogP contribution is 2.46. The molecule has 194 valence electrons. The SMILES string of the molecule is COc1ccc2nc([N-][C@](Cc3ccccc3)(c3cc(F)cc(C(F)(F)F)c3)c3ccc(N)cn3)[nH]c2c1. The number of nitrogens with two attached hydrogens (primary N) is 1. The van der Waals surface area contributed by atoms with E-state index in [2.05, 4.69) is 15.0 Å². The maximum absolute atomic E-state index is 14.8. The summed E-state index contributed by atoms with van der Waals surface area (Å²) in [6.45, 7) is 0. The van der Waals surface area contributed by atoms with Crippen LogP contribution in [-0.4, -0.2) is 22.1 Å². The first-order valence-corrected chi connectivity index (χ1v) is 11.6. The molecule has 0 aliphatic rings. The molecular weight excluding hydrogens is 498 g/mol. The van der Waals surface area contributed by atoms with E-state index in [-0.39, 0.29) is 23.6 Å². The fourth-order valence-corrected chi connectivity index (χ4v) is 4.37. The maximum Gasteiger partial charge on any atom is 0.416 e. The van der Waals surface area contributed by atoms with E-state index in [9.17, 15) is 17.6 Å². The predicted octanol–water partition coefficient (Wildman–Crippen LogP) is 6.90. The summed E-state index contributed by atoms with van der Waals surface area (Å²) in [6.07, 6.45) is -3.33. The summed E-state index contributed by atoms with van der Waals surface area (Å²) in [4.78, 5) is 12.1. The zero-order valence-corrected chi connectivity index (χ0v) is 20.1. The van der Waals surface area contributed by atoms with Gasteiger partial charge in [0.2, 0.25) is 0 Å². The quantitative estimate of drug-likeness (QED) is 0.229. The lowest BCUT2D eigenvalue weighted by Crippen LogP contribution is -2.31. The third kappa shape index (κ3) is 4.97. The van der Waals surface area contributed by atoms with Gasteiger partial charge in [0.05, 0.1) is 35.8 Å². The number of aromatic nitrogens is 3.